The van der Waals surface area contributed by atoms with Gasteiger partial charge in [0.25, 0.3) is 0 Å². The van der Waals surface area contributed by atoms with E-state index in [0.29, 0.717) is 51.1 Å². The lowest BCUT2D eigenvalue weighted by Crippen LogP contribution is -2.03. The number of hydrogen-bond donors (Lipinski definition) is 0. The van der Waals surface area contributed by atoms with Crippen LogP contribution in [0.25, 0.3) is 24.3 Å². The van der Waals surface area contributed by atoms with Crippen LogP contribution in [-0.2, 0) is 13.2 Å². The fourth-order valence-electron chi connectivity index (χ4n) is 5.50. The fraction of sp³-hybridized carbons (Fsp3) is 0.292. The zero-order valence-electron chi connectivity index (χ0n) is 32.2. The molecule has 0 N–H and O–H groups in total. The number of hydrogen-bond acceptors (Lipinski definition) is 6. The lowest BCUT2D eigenvalue weighted by molar-refractivity contribution is 0.281. The Bertz CT molecular complexity index is 1770. The molecular weight excluding hydrogens is 673 g/mol. The highest BCUT2D eigenvalue weighted by Gasteiger charge is 2.09. The molecule has 6 heteroatoms. The summed E-state index contributed by atoms with van der Waals surface area (Å²) in [6.45, 7) is 11.6. The van der Waals surface area contributed by atoms with Crippen molar-refractivity contribution in [3.8, 4) is 34.5 Å². The van der Waals surface area contributed by atoms with Gasteiger partial charge in [-0.25, -0.2) is 0 Å². The standard InChI is InChI=1S/C48H54O6/c1-5-22-49-43-28-41(29-44(32-43)50-23-6-2)35-53-47-26-40(21-20-39-18-16-38(17-19-39)15-14-37-12-10-9-11-13-37)27-48(34-47)54-36-42-30-45(51-24-7-3)33-46(31-42)52-25-8-4/h9-21,26-34H,5-8,22-25,35-36H2,1-4H3/b15-14+,21-20+. The first-order valence-corrected chi connectivity index (χ1v) is 19.2. The summed E-state index contributed by atoms with van der Waals surface area (Å²) in [5, 5.41) is 0. The maximum Gasteiger partial charge on any atom is 0.124 e. The number of ether oxygens (including phenoxy) is 6. The van der Waals surface area contributed by atoms with Crippen molar-refractivity contribution in [2.75, 3.05) is 26.4 Å². The minimum absolute atomic E-state index is 0.339. The van der Waals surface area contributed by atoms with Crippen LogP contribution in [-0.4, -0.2) is 26.4 Å². The monoisotopic (exact) mass is 726 g/mol. The minimum Gasteiger partial charge on any atom is -0.493 e. The molecule has 0 fully saturated rings. The highest BCUT2D eigenvalue weighted by Crippen LogP contribution is 2.30. The molecule has 0 aliphatic rings. The predicted molar refractivity (Wildman–Crippen MR) is 222 cm³/mol. The van der Waals surface area contributed by atoms with Crippen molar-refractivity contribution in [1.29, 1.82) is 0 Å². The van der Waals surface area contributed by atoms with E-state index in [9.17, 15) is 0 Å². The van der Waals surface area contributed by atoms with Crippen LogP contribution >= 0.6 is 0 Å². The van der Waals surface area contributed by atoms with Crippen LogP contribution in [0.1, 0.15) is 86.8 Å². The van der Waals surface area contributed by atoms with Gasteiger partial charge in [-0.05, 0) is 95.5 Å². The van der Waals surface area contributed by atoms with Crippen LogP contribution in [0.2, 0.25) is 0 Å². The van der Waals surface area contributed by atoms with Crippen molar-refractivity contribution in [2.24, 2.45) is 0 Å². The van der Waals surface area contributed by atoms with Crippen LogP contribution in [0, 0.1) is 0 Å². The average molecular weight is 727 g/mol. The third-order valence-electron chi connectivity index (χ3n) is 8.16. The third-order valence-corrected chi connectivity index (χ3v) is 8.16. The Kier molecular flexibility index (Phi) is 16.0. The van der Waals surface area contributed by atoms with Crippen LogP contribution in [0.15, 0.2) is 109 Å². The molecule has 0 aromatic heterocycles. The molecule has 6 nitrogen and oxygen atoms in total. The predicted octanol–water partition coefficient (Wildman–Crippen LogP) is 12.3. The van der Waals surface area contributed by atoms with E-state index in [2.05, 4.69) is 88.4 Å². The van der Waals surface area contributed by atoms with E-state index in [0.717, 1.165) is 76.5 Å². The summed E-state index contributed by atoms with van der Waals surface area (Å²) in [5.74, 6) is 4.49. The summed E-state index contributed by atoms with van der Waals surface area (Å²) in [6, 6.07) is 36.7. The van der Waals surface area contributed by atoms with Crippen molar-refractivity contribution in [2.45, 2.75) is 66.6 Å². The molecule has 282 valence electrons. The summed E-state index contributed by atoms with van der Waals surface area (Å²) in [6.07, 6.45) is 12.1. The third kappa shape index (κ3) is 13.4. The average Bonchev–Trinajstić information content (AvgIpc) is 3.21. The topological polar surface area (TPSA) is 55.4 Å². The van der Waals surface area contributed by atoms with Gasteiger partial charge in [0.2, 0.25) is 0 Å². The minimum atomic E-state index is 0.339. The van der Waals surface area contributed by atoms with Gasteiger partial charge in [-0.1, -0.05) is 107 Å². The second kappa shape index (κ2) is 21.8. The van der Waals surface area contributed by atoms with Gasteiger partial charge in [-0.2, -0.15) is 0 Å². The lowest BCUT2D eigenvalue weighted by Gasteiger charge is -2.15. The molecule has 0 unspecified atom stereocenters. The van der Waals surface area contributed by atoms with Gasteiger partial charge in [0.15, 0.2) is 0 Å². The van der Waals surface area contributed by atoms with Gasteiger partial charge < -0.3 is 28.4 Å². The Labute approximate surface area is 322 Å². The quantitative estimate of drug-likeness (QED) is 0.0662. The van der Waals surface area contributed by atoms with Crippen molar-refractivity contribution in [1.82, 2.24) is 0 Å². The molecule has 0 saturated heterocycles. The zero-order chi connectivity index (χ0) is 37.8. The Morgan fingerprint density at radius 2 is 0.648 bits per heavy atom. The zero-order valence-corrected chi connectivity index (χ0v) is 32.2. The molecule has 0 aliphatic carbocycles. The molecule has 0 atom stereocenters. The van der Waals surface area contributed by atoms with Gasteiger partial charge >= 0.3 is 0 Å². The first-order valence-electron chi connectivity index (χ1n) is 19.2. The van der Waals surface area contributed by atoms with Crippen LogP contribution in [0.5, 0.6) is 34.5 Å². The first-order chi connectivity index (χ1) is 26.5. The molecule has 5 aromatic rings. The van der Waals surface area contributed by atoms with E-state index in [4.69, 9.17) is 28.4 Å². The molecule has 0 aliphatic heterocycles. The van der Waals surface area contributed by atoms with Gasteiger partial charge in [0.1, 0.15) is 47.7 Å². The van der Waals surface area contributed by atoms with E-state index >= 15 is 0 Å². The molecule has 54 heavy (non-hydrogen) atoms. The maximum absolute atomic E-state index is 6.43. The Hall–Kier alpha value is -5.62. The summed E-state index contributed by atoms with van der Waals surface area (Å²) in [4.78, 5) is 0. The molecule has 0 amide bonds. The fourth-order valence-corrected chi connectivity index (χ4v) is 5.50. The normalized spacial score (nSPS) is 11.2. The van der Waals surface area contributed by atoms with E-state index in [1.165, 1.54) is 5.56 Å². The van der Waals surface area contributed by atoms with Gasteiger partial charge in [0.05, 0.1) is 26.4 Å². The SMILES string of the molecule is CCCOc1cc(COc2cc(/C=C/c3ccc(/C=C/c4ccccc4)cc3)cc(OCc3cc(OCCC)cc(OCCC)c3)c2)cc(OCCC)c1. The summed E-state index contributed by atoms with van der Waals surface area (Å²) >= 11 is 0. The first kappa shape index (κ1) is 39.6. The molecule has 5 aromatic carbocycles. The second-order valence-electron chi connectivity index (χ2n) is 13.1. The summed E-state index contributed by atoms with van der Waals surface area (Å²) < 4.78 is 36.7. The van der Waals surface area contributed by atoms with Crippen LogP contribution < -0.4 is 28.4 Å². The van der Waals surface area contributed by atoms with Crippen molar-refractivity contribution in [3.05, 3.63) is 143 Å². The number of rotatable bonds is 22. The smallest absolute Gasteiger partial charge is 0.124 e. The number of benzene rings is 5. The largest absolute Gasteiger partial charge is 0.493 e. The second-order valence-corrected chi connectivity index (χ2v) is 13.1. The van der Waals surface area contributed by atoms with Crippen molar-refractivity contribution < 1.29 is 28.4 Å². The summed E-state index contributed by atoms with van der Waals surface area (Å²) in [5.41, 5.74) is 6.28. The van der Waals surface area contributed by atoms with Crippen molar-refractivity contribution in [3.63, 3.8) is 0 Å². The molecule has 0 spiro atoms. The van der Waals surface area contributed by atoms with Gasteiger partial charge in [0, 0.05) is 18.2 Å². The van der Waals surface area contributed by atoms with Gasteiger partial charge in [-0.15, -0.1) is 0 Å². The molecule has 0 saturated carbocycles. The molecule has 0 bridgehead atoms. The van der Waals surface area contributed by atoms with E-state index < -0.39 is 0 Å². The molecule has 5 rings (SSSR count). The Balaban J connectivity index is 1.37. The highest BCUT2D eigenvalue weighted by molar-refractivity contribution is 5.73. The Morgan fingerprint density at radius 3 is 1.00 bits per heavy atom. The maximum atomic E-state index is 6.43. The van der Waals surface area contributed by atoms with Crippen molar-refractivity contribution >= 4 is 24.3 Å². The Morgan fingerprint density at radius 1 is 0.333 bits per heavy atom. The van der Waals surface area contributed by atoms with Crippen LogP contribution in [0.4, 0.5) is 0 Å². The van der Waals surface area contributed by atoms with E-state index in [-0.39, 0.29) is 0 Å². The summed E-state index contributed by atoms with van der Waals surface area (Å²) in [7, 11) is 0. The van der Waals surface area contributed by atoms with Gasteiger partial charge in [-0.3, -0.25) is 0 Å². The molecule has 0 heterocycles. The van der Waals surface area contributed by atoms with E-state index in [1.807, 2.05) is 72.8 Å². The molecule has 0 radical (unpaired) electrons. The van der Waals surface area contributed by atoms with Crippen LogP contribution in [0.3, 0.4) is 0 Å². The lowest BCUT2D eigenvalue weighted by atomic mass is 10.1. The molecular formula is C48H54O6. The highest BCUT2D eigenvalue weighted by atomic mass is 16.5. The van der Waals surface area contributed by atoms with E-state index in [1.54, 1.807) is 0 Å².